The van der Waals surface area contributed by atoms with Gasteiger partial charge in [-0.15, -0.1) is 0 Å². The molecule has 0 aliphatic carbocycles. The monoisotopic (exact) mass is 400 g/mol. The van der Waals surface area contributed by atoms with Crippen LogP contribution in [-0.2, 0) is 11.2 Å². The molecule has 1 saturated heterocycles. The van der Waals surface area contributed by atoms with E-state index in [0.717, 1.165) is 22.3 Å². The molecule has 3 atom stereocenters. The van der Waals surface area contributed by atoms with Crippen molar-refractivity contribution in [3.8, 4) is 17.2 Å². The summed E-state index contributed by atoms with van der Waals surface area (Å²) in [5.74, 6) is -0.816. The predicted octanol–water partition coefficient (Wildman–Crippen LogP) is 3.91. The fourth-order valence-corrected chi connectivity index (χ4v) is 4.26. The van der Waals surface area contributed by atoms with Gasteiger partial charge in [-0.05, 0) is 34.4 Å². The lowest BCUT2D eigenvalue weighted by atomic mass is 9.73. The van der Waals surface area contributed by atoms with E-state index in [9.17, 15) is 19.6 Å². The largest absolute Gasteiger partial charge is 0.394 e. The number of hydrogen-bond donors (Lipinski definition) is 1. The highest BCUT2D eigenvalue weighted by Crippen LogP contribution is 2.44. The summed E-state index contributed by atoms with van der Waals surface area (Å²) in [5, 5.41) is 19.9. The highest BCUT2D eigenvalue weighted by Gasteiger charge is 2.51. The molecule has 1 aliphatic heterocycles. The Kier molecular flexibility index (Phi) is 5.60. The molecule has 3 aromatic carbocycles. The average molecular weight is 400 g/mol. The summed E-state index contributed by atoms with van der Waals surface area (Å²) in [6.45, 7) is -0.235. The summed E-state index contributed by atoms with van der Waals surface area (Å²) in [4.78, 5) is 14.4. The number of nitrogens with zero attached hydrogens (tertiary/aromatic N) is 2. The van der Waals surface area contributed by atoms with Gasteiger partial charge in [0.25, 0.3) is 0 Å². The molecule has 1 N–H and O–H groups in total. The number of halogens is 1. The molecule has 1 fully saturated rings. The number of benzene rings is 3. The molecule has 0 radical (unpaired) electrons. The standard InChI is InChI=1S/C25H21FN2O2/c26-19-12-10-18(11-13-19)20-8-4-5-9-21(20)25-22(15-27)28(23(25)16-29)24(30)14-17-6-2-1-3-7-17/h1-13,22-23,25,29H,14,16H2/t22-,23+,25-/m0/s1. The van der Waals surface area contributed by atoms with Crippen LogP contribution in [0.3, 0.4) is 0 Å². The molecule has 0 aromatic heterocycles. The van der Waals surface area contributed by atoms with Crippen LogP contribution in [0.1, 0.15) is 17.0 Å². The van der Waals surface area contributed by atoms with Crippen LogP contribution in [0.5, 0.6) is 0 Å². The van der Waals surface area contributed by atoms with Crippen molar-refractivity contribution in [2.75, 3.05) is 6.61 Å². The van der Waals surface area contributed by atoms with Crippen molar-refractivity contribution in [1.29, 1.82) is 5.26 Å². The van der Waals surface area contributed by atoms with E-state index in [-0.39, 0.29) is 30.7 Å². The number of aliphatic hydroxyl groups excluding tert-OH is 1. The lowest BCUT2D eigenvalue weighted by molar-refractivity contribution is -0.146. The summed E-state index contributed by atoms with van der Waals surface area (Å²) >= 11 is 0. The van der Waals surface area contributed by atoms with E-state index in [1.54, 1.807) is 12.1 Å². The molecule has 0 unspecified atom stereocenters. The fraction of sp³-hybridized carbons (Fsp3) is 0.200. The third-order valence-electron chi connectivity index (χ3n) is 5.69. The van der Waals surface area contributed by atoms with E-state index in [1.165, 1.54) is 17.0 Å². The summed E-state index contributed by atoms with van der Waals surface area (Å²) in [6.07, 6.45) is 0.182. The van der Waals surface area contributed by atoms with Gasteiger partial charge in [-0.1, -0.05) is 66.7 Å². The first-order valence-electron chi connectivity index (χ1n) is 9.84. The van der Waals surface area contributed by atoms with Crippen molar-refractivity contribution in [2.45, 2.75) is 24.4 Å². The zero-order valence-corrected chi connectivity index (χ0v) is 16.3. The zero-order valence-electron chi connectivity index (χ0n) is 16.3. The Hall–Kier alpha value is -3.49. The summed E-state index contributed by atoms with van der Waals surface area (Å²) in [6, 6.07) is 24.2. The molecule has 5 heteroatoms. The van der Waals surface area contributed by atoms with Crippen LogP contribution >= 0.6 is 0 Å². The lowest BCUT2D eigenvalue weighted by Crippen LogP contribution is -2.65. The molecule has 4 nitrogen and oxygen atoms in total. The normalized spacial score (nSPS) is 20.3. The average Bonchev–Trinajstić information content (AvgIpc) is 2.75. The predicted molar refractivity (Wildman–Crippen MR) is 112 cm³/mol. The molecule has 30 heavy (non-hydrogen) atoms. The van der Waals surface area contributed by atoms with Gasteiger partial charge in [0.05, 0.1) is 25.1 Å². The minimum absolute atomic E-state index is 0.178. The molecule has 150 valence electrons. The number of nitriles is 1. The first-order valence-corrected chi connectivity index (χ1v) is 9.84. The maximum Gasteiger partial charge on any atom is 0.228 e. The number of amides is 1. The second-order valence-corrected chi connectivity index (χ2v) is 7.41. The second kappa shape index (κ2) is 8.48. The Balaban J connectivity index is 1.65. The topological polar surface area (TPSA) is 64.3 Å². The number of hydrogen-bond acceptors (Lipinski definition) is 3. The van der Waals surface area contributed by atoms with Crippen LogP contribution in [0, 0.1) is 17.1 Å². The maximum atomic E-state index is 13.4. The van der Waals surface area contributed by atoms with Crippen LogP contribution in [0.15, 0.2) is 78.9 Å². The Morgan fingerprint density at radius 1 is 1.00 bits per heavy atom. The third kappa shape index (κ3) is 3.58. The quantitative estimate of drug-likeness (QED) is 0.706. The van der Waals surface area contributed by atoms with Gasteiger partial charge in [-0.25, -0.2) is 4.39 Å². The first kappa shape index (κ1) is 19.8. The molecule has 0 saturated carbocycles. The number of rotatable bonds is 5. The van der Waals surface area contributed by atoms with E-state index in [1.807, 2.05) is 54.6 Å². The van der Waals surface area contributed by atoms with Crippen LogP contribution in [-0.4, -0.2) is 34.6 Å². The molecular weight excluding hydrogens is 379 g/mol. The third-order valence-corrected chi connectivity index (χ3v) is 5.69. The minimum Gasteiger partial charge on any atom is -0.394 e. The van der Waals surface area contributed by atoms with E-state index < -0.39 is 12.1 Å². The van der Waals surface area contributed by atoms with Crippen LogP contribution in [0.2, 0.25) is 0 Å². The van der Waals surface area contributed by atoms with Gasteiger partial charge in [0.15, 0.2) is 0 Å². The molecule has 1 aliphatic rings. The second-order valence-electron chi connectivity index (χ2n) is 7.41. The Morgan fingerprint density at radius 3 is 2.33 bits per heavy atom. The molecule has 1 heterocycles. The molecule has 4 rings (SSSR count). The van der Waals surface area contributed by atoms with Gasteiger partial charge >= 0.3 is 0 Å². The molecule has 0 spiro atoms. The van der Waals surface area contributed by atoms with Crippen molar-refractivity contribution >= 4 is 5.91 Å². The molecular formula is C25H21FN2O2. The fourth-order valence-electron chi connectivity index (χ4n) is 4.26. The number of carbonyl (C=O) groups excluding carboxylic acids is 1. The van der Waals surface area contributed by atoms with Crippen LogP contribution < -0.4 is 0 Å². The first-order chi connectivity index (χ1) is 14.6. The maximum absolute atomic E-state index is 13.4. The van der Waals surface area contributed by atoms with Crippen molar-refractivity contribution in [1.82, 2.24) is 4.90 Å². The zero-order chi connectivity index (χ0) is 21.1. The van der Waals surface area contributed by atoms with E-state index in [0.29, 0.717) is 0 Å². The van der Waals surface area contributed by atoms with Crippen LogP contribution in [0.4, 0.5) is 4.39 Å². The van der Waals surface area contributed by atoms with Gasteiger partial charge < -0.3 is 10.0 Å². The van der Waals surface area contributed by atoms with Gasteiger partial charge in [-0.3, -0.25) is 4.79 Å². The summed E-state index contributed by atoms with van der Waals surface area (Å²) < 4.78 is 13.4. The Morgan fingerprint density at radius 2 is 1.67 bits per heavy atom. The van der Waals surface area contributed by atoms with Crippen molar-refractivity contribution < 1.29 is 14.3 Å². The summed E-state index contributed by atoms with van der Waals surface area (Å²) in [5.41, 5.74) is 3.44. The Labute approximate surface area is 174 Å². The van der Waals surface area contributed by atoms with E-state index in [4.69, 9.17) is 0 Å². The van der Waals surface area contributed by atoms with Gasteiger partial charge in [0.2, 0.25) is 5.91 Å². The minimum atomic E-state index is -0.667. The highest BCUT2D eigenvalue weighted by molar-refractivity contribution is 5.82. The molecule has 1 amide bonds. The van der Waals surface area contributed by atoms with Crippen LogP contribution in [0.25, 0.3) is 11.1 Å². The van der Waals surface area contributed by atoms with Crippen molar-refractivity contribution in [3.63, 3.8) is 0 Å². The number of carbonyl (C=O) groups is 1. The van der Waals surface area contributed by atoms with Gasteiger partial charge in [0, 0.05) is 5.92 Å². The Bertz CT molecular complexity index is 1080. The smallest absolute Gasteiger partial charge is 0.228 e. The van der Waals surface area contributed by atoms with Crippen molar-refractivity contribution in [2.24, 2.45) is 0 Å². The highest BCUT2D eigenvalue weighted by atomic mass is 19.1. The number of aliphatic hydroxyl groups is 1. The lowest BCUT2D eigenvalue weighted by Gasteiger charge is -2.52. The van der Waals surface area contributed by atoms with Gasteiger partial charge in [0.1, 0.15) is 11.9 Å². The van der Waals surface area contributed by atoms with Gasteiger partial charge in [-0.2, -0.15) is 5.26 Å². The molecule has 0 bridgehead atoms. The summed E-state index contributed by atoms with van der Waals surface area (Å²) in [7, 11) is 0. The van der Waals surface area contributed by atoms with E-state index >= 15 is 0 Å². The number of likely N-dealkylation sites (tertiary alicyclic amines) is 1. The molecule has 3 aromatic rings. The van der Waals surface area contributed by atoms with E-state index in [2.05, 4.69) is 6.07 Å². The van der Waals surface area contributed by atoms with Crippen molar-refractivity contribution in [3.05, 3.63) is 95.8 Å². The SMILES string of the molecule is N#C[C@H]1[C@H](c2ccccc2-c2ccc(F)cc2)[C@@H](CO)N1C(=O)Cc1ccccc1.